The molecule has 0 heterocycles. The lowest BCUT2D eigenvalue weighted by molar-refractivity contribution is -0.117. The highest BCUT2D eigenvalue weighted by atomic mass is 35.5. The van der Waals surface area contributed by atoms with Crippen molar-refractivity contribution in [3.05, 3.63) is 29.3 Å². The topological polar surface area (TPSA) is 55.1 Å². The minimum absolute atomic E-state index is 0.00780. The van der Waals surface area contributed by atoms with Gasteiger partial charge in [-0.2, -0.15) is 0 Å². The Morgan fingerprint density at radius 3 is 2.44 bits per heavy atom. The lowest BCUT2D eigenvalue weighted by atomic mass is 9.94. The van der Waals surface area contributed by atoms with Gasteiger partial charge in [0.15, 0.2) is 0 Å². The van der Waals surface area contributed by atoms with Gasteiger partial charge in [-0.05, 0) is 49.1 Å². The van der Waals surface area contributed by atoms with E-state index in [1.54, 1.807) is 24.3 Å². The molecular weight excluding hydrogens is 248 g/mol. The molecule has 1 rings (SSSR count). The summed E-state index contributed by atoms with van der Waals surface area (Å²) in [4.78, 5) is 11.8. The first-order chi connectivity index (χ1) is 8.51. The number of anilines is 1. The summed E-state index contributed by atoms with van der Waals surface area (Å²) in [5, 5.41) is 3.51. The largest absolute Gasteiger partial charge is 0.330 e. The maximum atomic E-state index is 11.8. The molecule has 4 heteroatoms. The van der Waals surface area contributed by atoms with Crippen molar-refractivity contribution in [2.24, 2.45) is 17.6 Å². The van der Waals surface area contributed by atoms with Crippen LogP contribution in [0.2, 0.25) is 5.02 Å². The van der Waals surface area contributed by atoms with Crippen LogP contribution in [0.5, 0.6) is 0 Å². The van der Waals surface area contributed by atoms with E-state index in [-0.39, 0.29) is 11.8 Å². The average molecular weight is 269 g/mol. The van der Waals surface area contributed by atoms with Crippen LogP contribution >= 0.6 is 11.6 Å². The summed E-state index contributed by atoms with van der Waals surface area (Å²) in [5.74, 6) is 0.813. The van der Waals surface area contributed by atoms with E-state index in [9.17, 15) is 4.79 Å². The number of hydrogen-bond donors (Lipinski definition) is 2. The summed E-state index contributed by atoms with van der Waals surface area (Å²) in [6.07, 6.45) is 1.45. The van der Waals surface area contributed by atoms with Crippen molar-refractivity contribution in [3.8, 4) is 0 Å². The first kappa shape index (κ1) is 15.0. The third-order valence-corrected chi connectivity index (χ3v) is 2.99. The number of rotatable bonds is 6. The molecule has 1 amide bonds. The highest BCUT2D eigenvalue weighted by Crippen LogP contribution is 2.17. The third kappa shape index (κ3) is 5.52. The van der Waals surface area contributed by atoms with Crippen LogP contribution in [0.15, 0.2) is 24.3 Å². The number of nitrogens with two attached hydrogens (primary N) is 1. The summed E-state index contributed by atoms with van der Waals surface area (Å²) < 4.78 is 0. The van der Waals surface area contributed by atoms with Crippen molar-refractivity contribution in [2.45, 2.75) is 26.7 Å². The Hall–Kier alpha value is -1.06. The normalized spacial score (nSPS) is 12.5. The van der Waals surface area contributed by atoms with Crippen molar-refractivity contribution in [1.29, 1.82) is 0 Å². The molecule has 0 aliphatic carbocycles. The summed E-state index contributed by atoms with van der Waals surface area (Å²) in [6.45, 7) is 4.83. The van der Waals surface area contributed by atoms with Crippen LogP contribution in [0.1, 0.15) is 26.7 Å². The fraction of sp³-hybridized carbons (Fsp3) is 0.500. The standard InChI is InChI=1S/C14H21ClN2O/c1-10(2)7-11(9-16)8-14(18)17-13-5-3-12(15)4-6-13/h3-6,10-11H,7-9,16H2,1-2H3,(H,17,18). The molecule has 0 aliphatic rings. The molecule has 0 spiro atoms. The Bertz CT molecular complexity index is 376. The molecule has 3 nitrogen and oxygen atoms in total. The van der Waals surface area contributed by atoms with Crippen LogP contribution in [0.4, 0.5) is 5.69 Å². The first-order valence-electron chi connectivity index (χ1n) is 6.26. The van der Waals surface area contributed by atoms with E-state index in [1.165, 1.54) is 0 Å². The molecule has 0 bridgehead atoms. The number of nitrogens with one attached hydrogen (secondary N) is 1. The number of amides is 1. The molecule has 0 saturated carbocycles. The van der Waals surface area contributed by atoms with Gasteiger partial charge in [-0.15, -0.1) is 0 Å². The van der Waals surface area contributed by atoms with E-state index in [0.717, 1.165) is 12.1 Å². The molecule has 1 aromatic carbocycles. The molecule has 0 fully saturated rings. The van der Waals surface area contributed by atoms with Crippen LogP contribution < -0.4 is 11.1 Å². The molecule has 1 atom stereocenters. The van der Waals surface area contributed by atoms with Gasteiger partial charge < -0.3 is 11.1 Å². The van der Waals surface area contributed by atoms with Crippen molar-refractivity contribution in [3.63, 3.8) is 0 Å². The van der Waals surface area contributed by atoms with Crippen molar-refractivity contribution >= 4 is 23.2 Å². The molecule has 3 N–H and O–H groups in total. The highest BCUT2D eigenvalue weighted by Gasteiger charge is 2.14. The predicted octanol–water partition coefficient (Wildman–Crippen LogP) is 3.29. The Morgan fingerprint density at radius 1 is 1.33 bits per heavy atom. The molecule has 0 aliphatic heterocycles. The van der Waals surface area contributed by atoms with Crippen molar-refractivity contribution < 1.29 is 4.79 Å². The number of hydrogen-bond acceptors (Lipinski definition) is 2. The Morgan fingerprint density at radius 2 is 1.94 bits per heavy atom. The minimum atomic E-state index is 0.00780. The molecule has 0 saturated heterocycles. The fourth-order valence-electron chi connectivity index (χ4n) is 1.94. The Kier molecular flexibility index (Phi) is 6.16. The second-order valence-corrected chi connectivity index (χ2v) is 5.43. The molecular formula is C14H21ClN2O. The van der Waals surface area contributed by atoms with E-state index in [0.29, 0.717) is 23.9 Å². The second kappa shape index (κ2) is 7.39. The van der Waals surface area contributed by atoms with Crippen LogP contribution in [-0.4, -0.2) is 12.5 Å². The predicted molar refractivity (Wildman–Crippen MR) is 76.7 cm³/mol. The molecule has 0 radical (unpaired) electrons. The Labute approximate surface area is 114 Å². The van der Waals surface area contributed by atoms with Gasteiger partial charge in [0.1, 0.15) is 0 Å². The zero-order valence-corrected chi connectivity index (χ0v) is 11.7. The average Bonchev–Trinajstić information content (AvgIpc) is 2.30. The summed E-state index contributed by atoms with van der Waals surface area (Å²) >= 11 is 5.78. The highest BCUT2D eigenvalue weighted by molar-refractivity contribution is 6.30. The maximum Gasteiger partial charge on any atom is 0.224 e. The fourth-order valence-corrected chi connectivity index (χ4v) is 2.06. The van der Waals surface area contributed by atoms with Crippen LogP contribution in [0, 0.1) is 11.8 Å². The number of carbonyl (C=O) groups excluding carboxylic acids is 1. The number of halogens is 1. The van der Waals surface area contributed by atoms with E-state index < -0.39 is 0 Å². The zero-order chi connectivity index (χ0) is 13.5. The minimum Gasteiger partial charge on any atom is -0.330 e. The van der Waals surface area contributed by atoms with Gasteiger partial charge in [0.05, 0.1) is 0 Å². The number of benzene rings is 1. The van der Waals surface area contributed by atoms with Crippen molar-refractivity contribution in [2.75, 3.05) is 11.9 Å². The van der Waals surface area contributed by atoms with Gasteiger partial charge in [0, 0.05) is 17.1 Å². The first-order valence-corrected chi connectivity index (χ1v) is 6.64. The van der Waals surface area contributed by atoms with Gasteiger partial charge in [-0.1, -0.05) is 25.4 Å². The maximum absolute atomic E-state index is 11.8. The van der Waals surface area contributed by atoms with Crippen LogP contribution in [0.25, 0.3) is 0 Å². The van der Waals surface area contributed by atoms with E-state index in [4.69, 9.17) is 17.3 Å². The monoisotopic (exact) mass is 268 g/mol. The lowest BCUT2D eigenvalue weighted by Gasteiger charge is -2.16. The lowest BCUT2D eigenvalue weighted by Crippen LogP contribution is -2.23. The SMILES string of the molecule is CC(C)CC(CN)CC(=O)Nc1ccc(Cl)cc1. The van der Waals surface area contributed by atoms with Gasteiger partial charge >= 0.3 is 0 Å². The summed E-state index contributed by atoms with van der Waals surface area (Å²) in [6, 6.07) is 7.09. The van der Waals surface area contributed by atoms with Gasteiger partial charge in [0.2, 0.25) is 5.91 Å². The molecule has 18 heavy (non-hydrogen) atoms. The van der Waals surface area contributed by atoms with E-state index >= 15 is 0 Å². The second-order valence-electron chi connectivity index (χ2n) is 4.99. The zero-order valence-electron chi connectivity index (χ0n) is 10.9. The van der Waals surface area contributed by atoms with Gasteiger partial charge in [-0.3, -0.25) is 4.79 Å². The third-order valence-electron chi connectivity index (χ3n) is 2.74. The molecule has 0 aromatic heterocycles. The summed E-state index contributed by atoms with van der Waals surface area (Å²) in [7, 11) is 0. The van der Waals surface area contributed by atoms with E-state index in [1.807, 2.05) is 0 Å². The van der Waals surface area contributed by atoms with Gasteiger partial charge in [0.25, 0.3) is 0 Å². The molecule has 100 valence electrons. The van der Waals surface area contributed by atoms with Gasteiger partial charge in [-0.25, -0.2) is 0 Å². The number of carbonyl (C=O) groups is 1. The quantitative estimate of drug-likeness (QED) is 0.832. The van der Waals surface area contributed by atoms with E-state index in [2.05, 4.69) is 19.2 Å². The van der Waals surface area contributed by atoms with Crippen LogP contribution in [-0.2, 0) is 4.79 Å². The smallest absolute Gasteiger partial charge is 0.224 e. The molecule has 1 unspecified atom stereocenters. The van der Waals surface area contributed by atoms with Crippen molar-refractivity contribution in [1.82, 2.24) is 0 Å². The molecule has 1 aromatic rings. The Balaban J connectivity index is 2.47. The summed E-state index contributed by atoms with van der Waals surface area (Å²) in [5.41, 5.74) is 6.45. The van der Waals surface area contributed by atoms with Crippen LogP contribution in [0.3, 0.4) is 0 Å².